The van der Waals surface area contributed by atoms with Crippen LogP contribution in [0.4, 0.5) is 10.1 Å². The molecule has 0 bridgehead atoms. The molecule has 4 heteroatoms. The molecule has 0 aliphatic heterocycles. The zero-order chi connectivity index (χ0) is 9.14. The van der Waals surface area contributed by atoms with Crippen molar-refractivity contribution >= 4 is 5.69 Å². The lowest BCUT2D eigenvalue weighted by Gasteiger charge is -2.08. The van der Waals surface area contributed by atoms with E-state index in [2.05, 4.69) is 0 Å². The number of hydrogen-bond acceptors (Lipinski definition) is 3. The summed E-state index contributed by atoms with van der Waals surface area (Å²) in [5.41, 5.74) is 11.5. The fourth-order valence-electron chi connectivity index (χ4n) is 0.898. The van der Waals surface area contributed by atoms with E-state index in [9.17, 15) is 4.39 Å². The SMILES string of the molecule is Nc1cc(C(N)CO)ccc1F. The van der Waals surface area contributed by atoms with Crippen LogP contribution in [0, 0.1) is 5.82 Å². The molecule has 1 aromatic rings. The number of nitrogens with two attached hydrogens (primary N) is 2. The van der Waals surface area contributed by atoms with Crippen LogP contribution in [0.3, 0.4) is 0 Å². The molecule has 1 aromatic carbocycles. The van der Waals surface area contributed by atoms with Crippen LogP contribution in [0.5, 0.6) is 0 Å². The third-order valence-electron chi connectivity index (χ3n) is 1.64. The van der Waals surface area contributed by atoms with Crippen LogP contribution in [0.25, 0.3) is 0 Å². The normalized spacial score (nSPS) is 12.9. The fraction of sp³-hybridized carbons (Fsp3) is 0.250. The Kier molecular flexibility index (Phi) is 2.62. The van der Waals surface area contributed by atoms with Gasteiger partial charge in [-0.05, 0) is 17.7 Å². The van der Waals surface area contributed by atoms with Gasteiger partial charge in [0.05, 0.1) is 18.3 Å². The van der Waals surface area contributed by atoms with Gasteiger partial charge in [0, 0.05) is 0 Å². The van der Waals surface area contributed by atoms with E-state index in [1.165, 1.54) is 18.2 Å². The summed E-state index contributed by atoms with van der Waals surface area (Å²) in [5.74, 6) is -0.469. The number of aliphatic hydroxyl groups is 1. The van der Waals surface area contributed by atoms with E-state index in [0.29, 0.717) is 5.56 Å². The molecular formula is C8H11FN2O. The molecule has 1 rings (SSSR count). The lowest BCUT2D eigenvalue weighted by molar-refractivity contribution is 0.268. The van der Waals surface area contributed by atoms with E-state index in [-0.39, 0.29) is 12.3 Å². The van der Waals surface area contributed by atoms with Gasteiger partial charge in [0.25, 0.3) is 0 Å². The first-order valence-electron chi connectivity index (χ1n) is 3.56. The highest BCUT2D eigenvalue weighted by atomic mass is 19.1. The number of rotatable bonds is 2. The first-order valence-corrected chi connectivity index (χ1v) is 3.56. The predicted octanol–water partition coefficient (Wildman–Crippen LogP) is 0.400. The van der Waals surface area contributed by atoms with Gasteiger partial charge in [-0.2, -0.15) is 0 Å². The Balaban J connectivity index is 2.96. The first kappa shape index (κ1) is 8.96. The predicted molar refractivity (Wildman–Crippen MR) is 44.8 cm³/mol. The summed E-state index contributed by atoms with van der Waals surface area (Å²) >= 11 is 0. The molecule has 0 aliphatic carbocycles. The first-order chi connectivity index (χ1) is 5.65. The number of anilines is 1. The molecule has 3 nitrogen and oxygen atoms in total. The van der Waals surface area contributed by atoms with Gasteiger partial charge in [0.15, 0.2) is 0 Å². The fourth-order valence-corrected chi connectivity index (χ4v) is 0.898. The summed E-state index contributed by atoms with van der Waals surface area (Å²) < 4.78 is 12.6. The van der Waals surface area contributed by atoms with E-state index in [4.69, 9.17) is 16.6 Å². The Morgan fingerprint density at radius 3 is 2.67 bits per heavy atom. The third kappa shape index (κ3) is 1.72. The van der Waals surface area contributed by atoms with Crippen LogP contribution < -0.4 is 11.5 Å². The van der Waals surface area contributed by atoms with E-state index in [1.54, 1.807) is 0 Å². The molecule has 0 heterocycles. The van der Waals surface area contributed by atoms with E-state index >= 15 is 0 Å². The number of aliphatic hydroxyl groups excluding tert-OH is 1. The Morgan fingerprint density at radius 1 is 1.50 bits per heavy atom. The number of halogens is 1. The van der Waals surface area contributed by atoms with Gasteiger partial charge in [-0.3, -0.25) is 0 Å². The lowest BCUT2D eigenvalue weighted by atomic mass is 10.1. The van der Waals surface area contributed by atoms with Crippen molar-refractivity contribution in [2.24, 2.45) is 5.73 Å². The molecule has 0 saturated heterocycles. The summed E-state index contributed by atoms with van der Waals surface area (Å²) in [6.07, 6.45) is 0. The quantitative estimate of drug-likeness (QED) is 0.562. The van der Waals surface area contributed by atoms with Crippen LogP contribution >= 0.6 is 0 Å². The zero-order valence-electron chi connectivity index (χ0n) is 6.50. The standard InChI is InChI=1S/C8H11FN2O/c9-6-2-1-5(3-7(6)10)8(11)4-12/h1-3,8,12H,4,10-11H2. The van der Waals surface area contributed by atoms with Gasteiger partial charge >= 0.3 is 0 Å². The van der Waals surface area contributed by atoms with Gasteiger partial charge in [-0.1, -0.05) is 6.07 Å². The highest BCUT2D eigenvalue weighted by Gasteiger charge is 2.06. The summed E-state index contributed by atoms with van der Waals surface area (Å²) in [6, 6.07) is 3.68. The van der Waals surface area contributed by atoms with Gasteiger partial charge < -0.3 is 16.6 Å². The van der Waals surface area contributed by atoms with Crippen molar-refractivity contribution in [1.82, 2.24) is 0 Å². The van der Waals surface area contributed by atoms with E-state index < -0.39 is 11.9 Å². The second-order valence-electron chi connectivity index (χ2n) is 2.57. The summed E-state index contributed by atoms with van der Waals surface area (Å²) in [5, 5.41) is 8.69. The Hall–Kier alpha value is -1.13. The number of hydrogen-bond donors (Lipinski definition) is 3. The molecule has 12 heavy (non-hydrogen) atoms. The second kappa shape index (κ2) is 3.51. The molecular weight excluding hydrogens is 159 g/mol. The molecule has 66 valence electrons. The van der Waals surface area contributed by atoms with Crippen LogP contribution in [0.1, 0.15) is 11.6 Å². The molecule has 0 amide bonds. The van der Waals surface area contributed by atoms with Gasteiger partial charge in [-0.25, -0.2) is 4.39 Å². The van der Waals surface area contributed by atoms with E-state index in [0.717, 1.165) is 0 Å². The largest absolute Gasteiger partial charge is 0.396 e. The minimum Gasteiger partial charge on any atom is -0.396 e. The average Bonchev–Trinajstić information content (AvgIpc) is 2.08. The van der Waals surface area contributed by atoms with E-state index in [1.807, 2.05) is 0 Å². The van der Waals surface area contributed by atoms with Crippen LogP contribution in [-0.4, -0.2) is 11.7 Å². The number of nitrogen functional groups attached to an aromatic ring is 1. The van der Waals surface area contributed by atoms with Crippen molar-refractivity contribution in [1.29, 1.82) is 0 Å². The maximum Gasteiger partial charge on any atom is 0.146 e. The Bertz CT molecular complexity index is 278. The minimum absolute atomic E-state index is 0.0522. The zero-order valence-corrected chi connectivity index (χ0v) is 6.50. The number of benzene rings is 1. The average molecular weight is 170 g/mol. The second-order valence-corrected chi connectivity index (χ2v) is 2.57. The monoisotopic (exact) mass is 170 g/mol. The highest BCUT2D eigenvalue weighted by Crippen LogP contribution is 2.16. The molecule has 0 aromatic heterocycles. The van der Waals surface area contributed by atoms with Crippen molar-refractivity contribution < 1.29 is 9.50 Å². The molecule has 1 atom stereocenters. The molecule has 0 spiro atoms. The van der Waals surface area contributed by atoms with Gasteiger partial charge in [0.1, 0.15) is 5.82 Å². The molecule has 1 unspecified atom stereocenters. The lowest BCUT2D eigenvalue weighted by Crippen LogP contribution is -2.14. The maximum absolute atomic E-state index is 12.6. The molecule has 0 aliphatic rings. The smallest absolute Gasteiger partial charge is 0.146 e. The Morgan fingerprint density at radius 2 is 2.17 bits per heavy atom. The minimum atomic E-state index is -0.493. The van der Waals surface area contributed by atoms with Crippen molar-refractivity contribution in [3.05, 3.63) is 29.6 Å². The topological polar surface area (TPSA) is 72.3 Å². The highest BCUT2D eigenvalue weighted by molar-refractivity contribution is 5.43. The summed E-state index contributed by atoms with van der Waals surface area (Å²) in [6.45, 7) is -0.176. The molecule has 0 radical (unpaired) electrons. The van der Waals surface area contributed by atoms with Crippen LogP contribution in [0.2, 0.25) is 0 Å². The maximum atomic E-state index is 12.6. The van der Waals surface area contributed by atoms with Crippen molar-refractivity contribution in [3.63, 3.8) is 0 Å². The Labute approximate surface area is 69.8 Å². The molecule has 5 N–H and O–H groups in total. The third-order valence-corrected chi connectivity index (χ3v) is 1.64. The van der Waals surface area contributed by atoms with Crippen molar-refractivity contribution in [2.75, 3.05) is 12.3 Å². The van der Waals surface area contributed by atoms with Crippen LogP contribution in [-0.2, 0) is 0 Å². The van der Waals surface area contributed by atoms with Gasteiger partial charge in [-0.15, -0.1) is 0 Å². The van der Waals surface area contributed by atoms with Gasteiger partial charge in [0.2, 0.25) is 0 Å². The van der Waals surface area contributed by atoms with Crippen molar-refractivity contribution in [2.45, 2.75) is 6.04 Å². The molecule has 0 fully saturated rings. The summed E-state index contributed by atoms with van der Waals surface area (Å²) in [7, 11) is 0. The molecule has 0 saturated carbocycles. The van der Waals surface area contributed by atoms with Crippen LogP contribution in [0.15, 0.2) is 18.2 Å². The van der Waals surface area contributed by atoms with Crippen molar-refractivity contribution in [3.8, 4) is 0 Å². The summed E-state index contributed by atoms with van der Waals surface area (Å²) in [4.78, 5) is 0.